The molecule has 0 saturated carbocycles. The van der Waals surface area contributed by atoms with Crippen LogP contribution in [0.25, 0.3) is 22.0 Å². The van der Waals surface area contributed by atoms with Crippen molar-refractivity contribution in [3.63, 3.8) is 0 Å². The number of fused-ring (bicyclic) bond motifs is 1. The summed E-state index contributed by atoms with van der Waals surface area (Å²) < 4.78 is 0. The molecule has 0 aliphatic rings. The van der Waals surface area contributed by atoms with Gasteiger partial charge in [0.2, 0.25) is 0 Å². The summed E-state index contributed by atoms with van der Waals surface area (Å²) in [5, 5.41) is 1.17. The first kappa shape index (κ1) is 13.9. The molecule has 0 atom stereocenters. The Morgan fingerprint density at radius 2 is 1.84 bits per heavy atom. The molecule has 0 amide bonds. The normalized spacial score (nSPS) is 10.2. The number of aryl methyl sites for hydroxylation is 2. The summed E-state index contributed by atoms with van der Waals surface area (Å²) in [4.78, 5) is 4.50. The summed E-state index contributed by atoms with van der Waals surface area (Å²) in [6.45, 7) is 4.22. The van der Waals surface area contributed by atoms with Crippen LogP contribution < -0.4 is 0 Å². The molecule has 0 saturated heterocycles. The van der Waals surface area contributed by atoms with E-state index in [0.29, 0.717) is 0 Å². The summed E-state index contributed by atoms with van der Waals surface area (Å²) >= 11 is 0. The molecule has 0 N–H and O–H groups in total. The Bertz CT molecular complexity index is 714. The van der Waals surface area contributed by atoms with Crippen LogP contribution in [0.5, 0.6) is 0 Å². The molecule has 3 rings (SSSR count). The van der Waals surface area contributed by atoms with Crippen LogP contribution in [0.3, 0.4) is 0 Å². The van der Waals surface area contributed by atoms with Gasteiger partial charge < -0.3 is 0 Å². The third kappa shape index (κ3) is 2.60. The predicted octanol–water partition coefficient (Wildman–Crippen LogP) is 4.32. The summed E-state index contributed by atoms with van der Waals surface area (Å²) in [7, 11) is 0. The quantitative estimate of drug-likeness (QED) is 0.531. The molecule has 1 aromatic heterocycles. The molecule has 1 nitrogen and oxygen atoms in total. The number of hydrogen-bond acceptors (Lipinski definition) is 1. The van der Waals surface area contributed by atoms with Crippen molar-refractivity contribution in [2.75, 3.05) is 0 Å². The van der Waals surface area contributed by atoms with Gasteiger partial charge in [-0.1, -0.05) is 43.7 Å². The summed E-state index contributed by atoms with van der Waals surface area (Å²) in [5.41, 5.74) is 5.83. The Labute approximate surface area is 127 Å². The zero-order chi connectivity index (χ0) is 12.5. The number of nitrogens with zero attached hydrogens (tertiary/aromatic N) is 1. The van der Waals surface area contributed by atoms with Crippen molar-refractivity contribution in [1.82, 2.24) is 4.98 Å². The van der Waals surface area contributed by atoms with Crippen LogP contribution in [0.4, 0.5) is 0 Å². The molecule has 1 heterocycles. The Hall–Kier alpha value is -1.50. The molecule has 2 aromatic carbocycles. The van der Waals surface area contributed by atoms with Crippen molar-refractivity contribution in [3.8, 4) is 11.1 Å². The first-order valence-electron chi connectivity index (χ1n) is 6.09. The zero-order valence-corrected chi connectivity index (χ0v) is 13.3. The number of hydrogen-bond donors (Lipinski definition) is 0. The van der Waals surface area contributed by atoms with Crippen molar-refractivity contribution in [2.45, 2.75) is 13.8 Å². The Kier molecular flexibility index (Phi) is 4.14. The monoisotopic (exact) mass is 425 g/mol. The van der Waals surface area contributed by atoms with Gasteiger partial charge in [-0.3, -0.25) is 4.98 Å². The molecule has 19 heavy (non-hydrogen) atoms. The number of benzene rings is 2. The fraction of sp³-hybridized carbons (Fsp3) is 0.118. The topological polar surface area (TPSA) is 12.9 Å². The van der Waals surface area contributed by atoms with Crippen LogP contribution in [0.1, 0.15) is 11.1 Å². The van der Waals surface area contributed by atoms with E-state index >= 15 is 0 Å². The largest absolute Gasteiger partial charge is 0.266 e. The fourth-order valence-electron chi connectivity index (χ4n) is 2.35. The van der Waals surface area contributed by atoms with Gasteiger partial charge in [-0.15, -0.1) is 34.9 Å². The number of rotatable bonds is 1. The maximum Gasteiger partial charge on any atom is 0.0367 e. The van der Waals surface area contributed by atoms with E-state index < -0.39 is 0 Å². The maximum atomic E-state index is 4.50. The van der Waals surface area contributed by atoms with Crippen molar-refractivity contribution >= 4 is 10.9 Å². The van der Waals surface area contributed by atoms with Crippen molar-refractivity contribution in [3.05, 3.63) is 65.9 Å². The molecule has 0 bridgehead atoms. The van der Waals surface area contributed by atoms with Gasteiger partial charge in [0, 0.05) is 31.8 Å². The van der Waals surface area contributed by atoms with E-state index in [1.165, 1.54) is 16.5 Å². The summed E-state index contributed by atoms with van der Waals surface area (Å²) in [6.07, 6.45) is 1.84. The predicted molar refractivity (Wildman–Crippen MR) is 75.5 cm³/mol. The first-order chi connectivity index (χ1) is 8.75. The molecule has 3 aromatic rings. The van der Waals surface area contributed by atoms with Crippen molar-refractivity contribution in [1.29, 1.82) is 0 Å². The molecule has 0 spiro atoms. The van der Waals surface area contributed by atoms with E-state index in [1.807, 2.05) is 18.3 Å². The second-order valence-corrected chi connectivity index (χ2v) is 4.62. The minimum Gasteiger partial charge on any atom is -0.266 e. The average Bonchev–Trinajstić information content (AvgIpc) is 2.38. The Morgan fingerprint density at radius 1 is 1.05 bits per heavy atom. The third-order valence-electron chi connectivity index (χ3n) is 3.18. The van der Waals surface area contributed by atoms with Gasteiger partial charge in [-0.25, -0.2) is 0 Å². The second-order valence-electron chi connectivity index (χ2n) is 4.62. The van der Waals surface area contributed by atoms with E-state index in [2.05, 4.69) is 55.2 Å². The van der Waals surface area contributed by atoms with Gasteiger partial charge in [-0.05, 0) is 11.5 Å². The number of aromatic nitrogens is 1. The van der Waals surface area contributed by atoms with Crippen LogP contribution in [-0.4, -0.2) is 4.98 Å². The van der Waals surface area contributed by atoms with E-state index in [1.54, 1.807) is 0 Å². The van der Waals surface area contributed by atoms with Crippen LogP contribution >= 0.6 is 0 Å². The maximum absolute atomic E-state index is 4.50. The average molecular weight is 425 g/mol. The molecular formula is C17H14IrN-. The molecule has 0 fully saturated rings. The van der Waals surface area contributed by atoms with Gasteiger partial charge in [0.15, 0.2) is 0 Å². The third-order valence-corrected chi connectivity index (χ3v) is 3.18. The zero-order valence-electron chi connectivity index (χ0n) is 10.9. The molecule has 0 unspecified atom stereocenters. The molecular weight excluding hydrogens is 410 g/mol. The van der Waals surface area contributed by atoms with Crippen LogP contribution in [-0.2, 0) is 20.1 Å². The summed E-state index contributed by atoms with van der Waals surface area (Å²) in [6, 6.07) is 17.9. The smallest absolute Gasteiger partial charge is 0.0367 e. The van der Waals surface area contributed by atoms with Crippen LogP contribution in [0, 0.1) is 19.9 Å². The van der Waals surface area contributed by atoms with Gasteiger partial charge in [0.25, 0.3) is 0 Å². The first-order valence-corrected chi connectivity index (χ1v) is 6.09. The van der Waals surface area contributed by atoms with Gasteiger partial charge in [-0.2, -0.15) is 0 Å². The van der Waals surface area contributed by atoms with E-state index in [0.717, 1.165) is 16.6 Å². The second kappa shape index (κ2) is 5.64. The fourth-order valence-corrected chi connectivity index (χ4v) is 2.35. The number of para-hydroxylation sites is 1. The van der Waals surface area contributed by atoms with Gasteiger partial charge in [0.05, 0.1) is 0 Å². The Morgan fingerprint density at radius 3 is 2.63 bits per heavy atom. The van der Waals surface area contributed by atoms with E-state index in [-0.39, 0.29) is 20.1 Å². The standard InChI is InChI=1S/C17H14N.Ir/c1-12-8-9-15(13(2)11-12)16-7-3-5-14-6-4-10-18-17(14)16;/h3-8,10-11H,1-2H3;/q-1;. The van der Waals surface area contributed by atoms with Gasteiger partial charge >= 0.3 is 0 Å². The molecule has 97 valence electrons. The minimum absolute atomic E-state index is 0. The van der Waals surface area contributed by atoms with Crippen LogP contribution in [0.15, 0.2) is 48.7 Å². The van der Waals surface area contributed by atoms with Crippen molar-refractivity contribution in [2.24, 2.45) is 0 Å². The number of pyridine rings is 1. The Balaban J connectivity index is 0.00000133. The van der Waals surface area contributed by atoms with Crippen LogP contribution in [0.2, 0.25) is 0 Å². The molecule has 0 aliphatic carbocycles. The summed E-state index contributed by atoms with van der Waals surface area (Å²) in [5.74, 6) is 0. The van der Waals surface area contributed by atoms with E-state index in [4.69, 9.17) is 0 Å². The van der Waals surface area contributed by atoms with Gasteiger partial charge in [0.1, 0.15) is 0 Å². The SMILES string of the molecule is Cc1c[c-]c(-c2cccc3cccnc23)c(C)c1.[Ir]. The van der Waals surface area contributed by atoms with E-state index in [9.17, 15) is 0 Å². The molecule has 1 radical (unpaired) electrons. The molecule has 0 aliphatic heterocycles. The molecule has 2 heteroatoms. The van der Waals surface area contributed by atoms with Crippen molar-refractivity contribution < 1.29 is 20.1 Å². The minimum atomic E-state index is 0.